The number of aryl methyl sites for hydroxylation is 1. The first-order chi connectivity index (χ1) is 13.3. The molecule has 1 aliphatic heterocycles. The molecule has 0 unspecified atom stereocenters. The molecular formula is C21H26N2O4S. The highest BCUT2D eigenvalue weighted by Gasteiger charge is 2.27. The second-order valence-electron chi connectivity index (χ2n) is 7.19. The summed E-state index contributed by atoms with van der Waals surface area (Å²) in [4.78, 5) is 13.1. The number of nitrogens with one attached hydrogen (secondary N) is 1. The molecule has 0 atom stereocenters. The molecule has 0 bridgehead atoms. The SMILES string of the molecule is Cc1ccc(S(=O)(=O)N2CCOCC2)cc1C(=O)Nc1ccccc1C(C)C. The largest absolute Gasteiger partial charge is 0.379 e. The van der Waals surface area contributed by atoms with Crippen LogP contribution in [0.3, 0.4) is 0 Å². The van der Waals surface area contributed by atoms with Crippen molar-refractivity contribution in [2.24, 2.45) is 0 Å². The van der Waals surface area contributed by atoms with Gasteiger partial charge in [0.2, 0.25) is 10.0 Å². The van der Waals surface area contributed by atoms with E-state index in [0.717, 1.165) is 16.8 Å². The number of amides is 1. The van der Waals surface area contributed by atoms with Crippen molar-refractivity contribution >= 4 is 21.6 Å². The van der Waals surface area contributed by atoms with E-state index in [-0.39, 0.29) is 16.7 Å². The average molecular weight is 403 g/mol. The molecule has 1 amide bonds. The Morgan fingerprint density at radius 2 is 1.79 bits per heavy atom. The number of rotatable bonds is 5. The highest BCUT2D eigenvalue weighted by molar-refractivity contribution is 7.89. The average Bonchev–Trinajstić information content (AvgIpc) is 2.69. The van der Waals surface area contributed by atoms with Gasteiger partial charge in [0.25, 0.3) is 5.91 Å². The Morgan fingerprint density at radius 1 is 1.11 bits per heavy atom. The Bertz CT molecular complexity index is 964. The number of benzene rings is 2. The van der Waals surface area contributed by atoms with Crippen LogP contribution >= 0.6 is 0 Å². The third kappa shape index (κ3) is 4.27. The predicted octanol–water partition coefficient (Wildman–Crippen LogP) is 3.39. The van der Waals surface area contributed by atoms with Crippen molar-refractivity contribution in [1.29, 1.82) is 0 Å². The van der Waals surface area contributed by atoms with Crippen LogP contribution in [-0.2, 0) is 14.8 Å². The molecule has 1 heterocycles. The summed E-state index contributed by atoms with van der Waals surface area (Å²) in [6, 6.07) is 12.3. The van der Waals surface area contributed by atoms with Gasteiger partial charge in [-0.2, -0.15) is 4.31 Å². The Labute approximate surface area is 166 Å². The minimum atomic E-state index is -3.66. The molecule has 1 N–H and O–H groups in total. The van der Waals surface area contributed by atoms with Crippen LogP contribution in [0.15, 0.2) is 47.4 Å². The Kier molecular flexibility index (Phi) is 6.17. The number of hydrogen-bond acceptors (Lipinski definition) is 4. The molecule has 0 aliphatic carbocycles. The van der Waals surface area contributed by atoms with Crippen LogP contribution in [0.2, 0.25) is 0 Å². The topological polar surface area (TPSA) is 75.7 Å². The van der Waals surface area contributed by atoms with E-state index in [9.17, 15) is 13.2 Å². The van der Waals surface area contributed by atoms with Crippen LogP contribution < -0.4 is 5.32 Å². The van der Waals surface area contributed by atoms with Crippen LogP contribution in [0, 0.1) is 6.92 Å². The molecule has 0 radical (unpaired) electrons. The number of nitrogens with zero attached hydrogens (tertiary/aromatic N) is 1. The number of para-hydroxylation sites is 1. The van der Waals surface area contributed by atoms with Gasteiger partial charge < -0.3 is 10.1 Å². The lowest BCUT2D eigenvalue weighted by Crippen LogP contribution is -2.40. The van der Waals surface area contributed by atoms with Gasteiger partial charge in [-0.05, 0) is 42.2 Å². The van der Waals surface area contributed by atoms with E-state index in [2.05, 4.69) is 19.2 Å². The summed E-state index contributed by atoms with van der Waals surface area (Å²) in [5, 5.41) is 2.94. The first-order valence-corrected chi connectivity index (χ1v) is 10.8. The van der Waals surface area contributed by atoms with E-state index in [1.165, 1.54) is 10.4 Å². The summed E-state index contributed by atoms with van der Waals surface area (Å²) in [6.07, 6.45) is 0. The Balaban J connectivity index is 1.90. The molecule has 0 spiro atoms. The quantitative estimate of drug-likeness (QED) is 0.832. The van der Waals surface area contributed by atoms with E-state index in [0.29, 0.717) is 31.9 Å². The number of carbonyl (C=O) groups is 1. The first kappa shape index (κ1) is 20.5. The fraction of sp³-hybridized carbons (Fsp3) is 0.381. The highest BCUT2D eigenvalue weighted by Crippen LogP contribution is 2.26. The Hall–Kier alpha value is -2.22. The molecule has 1 fully saturated rings. The maximum atomic E-state index is 12.9. The molecule has 2 aromatic rings. The first-order valence-electron chi connectivity index (χ1n) is 9.39. The second kappa shape index (κ2) is 8.43. The van der Waals surface area contributed by atoms with Crippen molar-refractivity contribution in [3.63, 3.8) is 0 Å². The van der Waals surface area contributed by atoms with Crippen LogP contribution in [0.5, 0.6) is 0 Å². The van der Waals surface area contributed by atoms with Crippen LogP contribution in [0.25, 0.3) is 0 Å². The van der Waals surface area contributed by atoms with Crippen LogP contribution in [0.4, 0.5) is 5.69 Å². The van der Waals surface area contributed by atoms with Gasteiger partial charge in [-0.25, -0.2) is 8.42 Å². The van der Waals surface area contributed by atoms with Crippen molar-refractivity contribution in [2.45, 2.75) is 31.6 Å². The van der Waals surface area contributed by atoms with Gasteiger partial charge in [0.15, 0.2) is 0 Å². The normalized spacial score (nSPS) is 15.6. The lowest BCUT2D eigenvalue weighted by atomic mass is 10.0. The summed E-state index contributed by atoms with van der Waals surface area (Å²) < 4.78 is 32.5. The molecule has 0 aromatic heterocycles. The third-order valence-corrected chi connectivity index (χ3v) is 6.79. The third-order valence-electron chi connectivity index (χ3n) is 4.89. The van der Waals surface area contributed by atoms with E-state index < -0.39 is 10.0 Å². The van der Waals surface area contributed by atoms with Crippen molar-refractivity contribution < 1.29 is 17.9 Å². The molecule has 1 aliphatic rings. The van der Waals surface area contributed by atoms with Crippen LogP contribution in [0.1, 0.15) is 41.3 Å². The smallest absolute Gasteiger partial charge is 0.255 e. The molecule has 0 saturated carbocycles. The van der Waals surface area contributed by atoms with Gasteiger partial charge in [-0.15, -0.1) is 0 Å². The molecule has 150 valence electrons. The number of ether oxygens (including phenoxy) is 1. The van der Waals surface area contributed by atoms with E-state index in [4.69, 9.17) is 4.74 Å². The minimum absolute atomic E-state index is 0.127. The summed E-state index contributed by atoms with van der Waals surface area (Å²) in [7, 11) is -3.66. The minimum Gasteiger partial charge on any atom is -0.379 e. The molecule has 2 aromatic carbocycles. The fourth-order valence-electron chi connectivity index (χ4n) is 3.25. The molecule has 7 heteroatoms. The standard InChI is InChI=1S/C21H26N2O4S/c1-15(2)18-6-4-5-7-20(18)22-21(24)19-14-17(9-8-16(19)3)28(25,26)23-10-12-27-13-11-23/h4-9,14-15H,10-13H2,1-3H3,(H,22,24). The molecular weight excluding hydrogens is 376 g/mol. The summed E-state index contributed by atoms with van der Waals surface area (Å²) >= 11 is 0. The van der Waals surface area contributed by atoms with Gasteiger partial charge in [0.05, 0.1) is 18.1 Å². The second-order valence-corrected chi connectivity index (χ2v) is 9.13. The fourth-order valence-corrected chi connectivity index (χ4v) is 4.68. The number of hydrogen-bond donors (Lipinski definition) is 1. The monoisotopic (exact) mass is 402 g/mol. The van der Waals surface area contributed by atoms with Gasteiger partial charge >= 0.3 is 0 Å². The van der Waals surface area contributed by atoms with Crippen molar-refractivity contribution in [3.8, 4) is 0 Å². The maximum Gasteiger partial charge on any atom is 0.255 e. The zero-order chi connectivity index (χ0) is 20.3. The number of anilines is 1. The molecule has 3 rings (SSSR count). The predicted molar refractivity (Wildman–Crippen MR) is 109 cm³/mol. The Morgan fingerprint density at radius 3 is 2.46 bits per heavy atom. The van der Waals surface area contributed by atoms with Crippen molar-refractivity contribution in [3.05, 3.63) is 59.2 Å². The lowest BCUT2D eigenvalue weighted by molar-refractivity contribution is 0.0730. The number of carbonyl (C=O) groups excluding carboxylic acids is 1. The maximum absolute atomic E-state index is 12.9. The van der Waals surface area contributed by atoms with E-state index in [1.807, 2.05) is 24.3 Å². The zero-order valence-electron chi connectivity index (χ0n) is 16.4. The summed E-state index contributed by atoms with van der Waals surface area (Å²) in [5.74, 6) is -0.0599. The highest BCUT2D eigenvalue weighted by atomic mass is 32.2. The zero-order valence-corrected chi connectivity index (χ0v) is 17.3. The van der Waals surface area contributed by atoms with Crippen molar-refractivity contribution in [2.75, 3.05) is 31.6 Å². The number of morpholine rings is 1. The molecule has 28 heavy (non-hydrogen) atoms. The van der Waals surface area contributed by atoms with Crippen LogP contribution in [-0.4, -0.2) is 44.9 Å². The number of sulfonamides is 1. The van der Waals surface area contributed by atoms with E-state index >= 15 is 0 Å². The molecule has 1 saturated heterocycles. The van der Waals surface area contributed by atoms with Crippen molar-refractivity contribution in [1.82, 2.24) is 4.31 Å². The molecule has 6 nitrogen and oxygen atoms in total. The summed E-state index contributed by atoms with van der Waals surface area (Å²) in [5.41, 5.74) is 2.85. The van der Waals surface area contributed by atoms with E-state index in [1.54, 1.807) is 19.1 Å². The van der Waals surface area contributed by atoms with Gasteiger partial charge in [0.1, 0.15) is 0 Å². The van der Waals surface area contributed by atoms with Gasteiger partial charge in [-0.1, -0.05) is 38.1 Å². The lowest BCUT2D eigenvalue weighted by Gasteiger charge is -2.26. The van der Waals surface area contributed by atoms with Gasteiger partial charge in [-0.3, -0.25) is 4.79 Å². The summed E-state index contributed by atoms with van der Waals surface area (Å²) in [6.45, 7) is 7.32. The van der Waals surface area contributed by atoms with Gasteiger partial charge in [0, 0.05) is 24.3 Å².